The minimum absolute atomic E-state index is 0.0125. The zero-order valence-corrected chi connectivity index (χ0v) is 18.2. The SMILES string of the molecule is CNC(=O)c1ccc(N2CCN(C3C=C(c4nc5c(c(=O)[nH]4)CCC5)CC3)CC2)c(F)n1. The van der Waals surface area contributed by atoms with Crippen LogP contribution in [0.3, 0.4) is 0 Å². The topological polar surface area (TPSA) is 94.2 Å². The monoisotopic (exact) mass is 438 g/mol. The molecule has 1 aliphatic heterocycles. The van der Waals surface area contributed by atoms with Gasteiger partial charge in [-0.3, -0.25) is 14.5 Å². The largest absolute Gasteiger partial charge is 0.365 e. The number of nitrogens with zero attached hydrogens (tertiary/aromatic N) is 4. The van der Waals surface area contributed by atoms with Crippen molar-refractivity contribution in [3.05, 3.63) is 57.3 Å². The van der Waals surface area contributed by atoms with Crippen LogP contribution in [0.4, 0.5) is 10.1 Å². The number of halogens is 1. The lowest BCUT2D eigenvalue weighted by atomic mass is 10.2. The maximum Gasteiger partial charge on any atom is 0.269 e. The smallest absolute Gasteiger partial charge is 0.269 e. The number of aromatic amines is 1. The van der Waals surface area contributed by atoms with Crippen LogP contribution in [-0.2, 0) is 12.8 Å². The summed E-state index contributed by atoms with van der Waals surface area (Å²) in [7, 11) is 1.50. The van der Waals surface area contributed by atoms with Crippen molar-refractivity contribution < 1.29 is 9.18 Å². The molecule has 1 fully saturated rings. The van der Waals surface area contributed by atoms with Gasteiger partial charge in [-0.05, 0) is 49.8 Å². The lowest BCUT2D eigenvalue weighted by Crippen LogP contribution is -2.49. The van der Waals surface area contributed by atoms with E-state index in [1.54, 1.807) is 12.1 Å². The first-order chi connectivity index (χ1) is 15.5. The van der Waals surface area contributed by atoms with Crippen LogP contribution in [0, 0.1) is 5.95 Å². The molecule has 1 saturated heterocycles. The molecule has 0 bridgehead atoms. The first-order valence-corrected chi connectivity index (χ1v) is 11.2. The molecular formula is C23H27FN6O2. The third-order valence-electron chi connectivity index (χ3n) is 6.76. The highest BCUT2D eigenvalue weighted by molar-refractivity contribution is 5.92. The number of rotatable bonds is 4. The number of anilines is 1. The summed E-state index contributed by atoms with van der Waals surface area (Å²) in [6.45, 7) is 2.98. The Morgan fingerprint density at radius 1 is 1.16 bits per heavy atom. The number of piperazine rings is 1. The Balaban J connectivity index is 1.25. The van der Waals surface area contributed by atoms with Crippen molar-refractivity contribution in [3.8, 4) is 0 Å². The Morgan fingerprint density at radius 3 is 2.72 bits per heavy atom. The number of aromatic nitrogens is 3. The Hall–Kier alpha value is -3.07. The van der Waals surface area contributed by atoms with E-state index < -0.39 is 11.9 Å². The highest BCUT2D eigenvalue weighted by Crippen LogP contribution is 2.30. The summed E-state index contributed by atoms with van der Waals surface area (Å²) < 4.78 is 14.5. The molecule has 0 radical (unpaired) electrons. The molecule has 3 heterocycles. The van der Waals surface area contributed by atoms with E-state index in [1.807, 2.05) is 4.90 Å². The van der Waals surface area contributed by atoms with Gasteiger partial charge in [0.1, 0.15) is 11.5 Å². The number of nitrogens with one attached hydrogen (secondary N) is 2. The second-order valence-corrected chi connectivity index (χ2v) is 8.60. The Labute approximate surface area is 185 Å². The standard InChI is InChI=1S/C23H27FN6O2/c1-25-23(32)18-7-8-19(20(24)26-18)30-11-9-29(10-12-30)15-6-5-14(13-15)21-27-17-4-2-3-16(17)22(31)28-21/h7-8,13,15H,2-6,9-12H2,1H3,(H,25,32)(H,27,28,31). The molecule has 1 atom stereocenters. The van der Waals surface area contributed by atoms with Crippen LogP contribution < -0.4 is 15.8 Å². The van der Waals surface area contributed by atoms with Gasteiger partial charge in [-0.2, -0.15) is 4.39 Å². The summed E-state index contributed by atoms with van der Waals surface area (Å²) in [5, 5.41) is 2.46. The van der Waals surface area contributed by atoms with Crippen molar-refractivity contribution in [2.24, 2.45) is 0 Å². The quantitative estimate of drug-likeness (QED) is 0.703. The zero-order valence-electron chi connectivity index (χ0n) is 18.2. The normalized spacial score (nSPS) is 20.9. The Bertz CT molecular complexity index is 1140. The van der Waals surface area contributed by atoms with Crippen LogP contribution in [-0.4, -0.2) is 65.0 Å². The molecule has 168 valence electrons. The molecular weight excluding hydrogens is 411 g/mol. The van der Waals surface area contributed by atoms with Crippen molar-refractivity contribution in [1.82, 2.24) is 25.2 Å². The number of allylic oxidation sites excluding steroid dienone is 1. The van der Waals surface area contributed by atoms with Crippen molar-refractivity contribution >= 4 is 17.2 Å². The molecule has 1 amide bonds. The van der Waals surface area contributed by atoms with E-state index in [1.165, 1.54) is 7.05 Å². The lowest BCUT2D eigenvalue weighted by Gasteiger charge is -2.38. The molecule has 0 aromatic carbocycles. The van der Waals surface area contributed by atoms with Gasteiger partial charge in [-0.15, -0.1) is 0 Å². The molecule has 2 aromatic rings. The molecule has 5 rings (SSSR count). The molecule has 1 unspecified atom stereocenters. The Morgan fingerprint density at radius 2 is 1.97 bits per heavy atom. The van der Waals surface area contributed by atoms with Crippen LogP contribution in [0.1, 0.15) is 46.8 Å². The molecule has 9 heteroatoms. The minimum atomic E-state index is -0.616. The van der Waals surface area contributed by atoms with E-state index >= 15 is 0 Å². The van der Waals surface area contributed by atoms with Crippen LogP contribution in [0.5, 0.6) is 0 Å². The van der Waals surface area contributed by atoms with Gasteiger partial charge in [-0.25, -0.2) is 9.97 Å². The van der Waals surface area contributed by atoms with E-state index in [0.717, 1.165) is 67.8 Å². The number of fused-ring (bicyclic) bond motifs is 1. The third kappa shape index (κ3) is 3.81. The fourth-order valence-corrected chi connectivity index (χ4v) is 4.99. The van der Waals surface area contributed by atoms with E-state index in [9.17, 15) is 14.0 Å². The van der Waals surface area contributed by atoms with Crippen LogP contribution in [0.15, 0.2) is 23.0 Å². The van der Waals surface area contributed by atoms with Crippen LogP contribution >= 0.6 is 0 Å². The maximum atomic E-state index is 14.5. The number of pyridine rings is 1. The molecule has 0 spiro atoms. The van der Waals surface area contributed by atoms with Gasteiger partial charge in [0.2, 0.25) is 5.95 Å². The molecule has 2 aromatic heterocycles. The average molecular weight is 439 g/mol. The van der Waals surface area contributed by atoms with E-state index in [0.29, 0.717) is 24.8 Å². The molecule has 0 saturated carbocycles. The van der Waals surface area contributed by atoms with E-state index in [2.05, 4.69) is 26.3 Å². The Kier molecular flexibility index (Phi) is 5.50. The molecule has 3 aliphatic rings. The van der Waals surface area contributed by atoms with Gasteiger partial charge < -0.3 is 15.2 Å². The number of carbonyl (C=O) groups excluding carboxylic acids is 1. The third-order valence-corrected chi connectivity index (χ3v) is 6.76. The first kappa shape index (κ1) is 20.8. The second kappa shape index (κ2) is 8.46. The van der Waals surface area contributed by atoms with Crippen molar-refractivity contribution in [2.45, 2.75) is 38.1 Å². The summed E-state index contributed by atoms with van der Waals surface area (Å²) in [5.74, 6) is -0.293. The molecule has 2 N–H and O–H groups in total. The van der Waals surface area contributed by atoms with Gasteiger partial charge in [-0.1, -0.05) is 6.08 Å². The summed E-state index contributed by atoms with van der Waals surface area (Å²) in [6, 6.07) is 3.48. The summed E-state index contributed by atoms with van der Waals surface area (Å²) in [5.41, 5.74) is 3.45. The number of H-pyrrole nitrogens is 1. The molecule has 8 nitrogen and oxygen atoms in total. The van der Waals surface area contributed by atoms with Crippen molar-refractivity contribution in [2.75, 3.05) is 38.1 Å². The lowest BCUT2D eigenvalue weighted by molar-refractivity contribution is 0.0957. The van der Waals surface area contributed by atoms with Gasteiger partial charge in [0.05, 0.1) is 11.4 Å². The predicted octanol–water partition coefficient (Wildman–Crippen LogP) is 1.52. The van der Waals surface area contributed by atoms with Crippen molar-refractivity contribution in [3.63, 3.8) is 0 Å². The van der Waals surface area contributed by atoms with E-state index in [-0.39, 0.29) is 11.3 Å². The molecule has 32 heavy (non-hydrogen) atoms. The first-order valence-electron chi connectivity index (χ1n) is 11.2. The van der Waals surface area contributed by atoms with Crippen LogP contribution in [0.2, 0.25) is 0 Å². The fraction of sp³-hybridized carbons (Fsp3) is 0.478. The minimum Gasteiger partial charge on any atom is -0.365 e. The highest BCUT2D eigenvalue weighted by Gasteiger charge is 2.29. The average Bonchev–Trinajstić information content (AvgIpc) is 3.49. The number of aryl methyl sites for hydroxylation is 1. The summed E-state index contributed by atoms with van der Waals surface area (Å²) >= 11 is 0. The number of carbonyl (C=O) groups is 1. The zero-order chi connectivity index (χ0) is 22.2. The number of amides is 1. The molecule has 2 aliphatic carbocycles. The summed E-state index contributed by atoms with van der Waals surface area (Å²) in [4.78, 5) is 39.9. The predicted molar refractivity (Wildman–Crippen MR) is 119 cm³/mol. The van der Waals surface area contributed by atoms with Gasteiger partial charge in [0, 0.05) is 44.8 Å². The highest BCUT2D eigenvalue weighted by atomic mass is 19.1. The van der Waals surface area contributed by atoms with Crippen molar-refractivity contribution in [1.29, 1.82) is 0 Å². The fourth-order valence-electron chi connectivity index (χ4n) is 4.99. The number of hydrogen-bond donors (Lipinski definition) is 2. The van der Waals surface area contributed by atoms with Gasteiger partial charge in [0.25, 0.3) is 11.5 Å². The second-order valence-electron chi connectivity index (χ2n) is 8.60. The summed E-state index contributed by atoms with van der Waals surface area (Å²) in [6.07, 6.45) is 6.84. The maximum absolute atomic E-state index is 14.5. The van der Waals surface area contributed by atoms with Gasteiger partial charge >= 0.3 is 0 Å². The van der Waals surface area contributed by atoms with Crippen LogP contribution in [0.25, 0.3) is 5.57 Å². The van der Waals surface area contributed by atoms with E-state index in [4.69, 9.17) is 4.98 Å². The van der Waals surface area contributed by atoms with Gasteiger partial charge in [0.15, 0.2) is 0 Å². The number of hydrogen-bond acceptors (Lipinski definition) is 6.